The number of hydrogen-bond donors (Lipinski definition) is 2. The van der Waals surface area contributed by atoms with E-state index in [1.807, 2.05) is 37.3 Å². The average molecular weight is 484 g/mol. The molecule has 6 rings (SSSR count). The highest BCUT2D eigenvalue weighted by molar-refractivity contribution is 5.95. The van der Waals surface area contributed by atoms with Gasteiger partial charge in [-0.15, -0.1) is 0 Å². The summed E-state index contributed by atoms with van der Waals surface area (Å²) in [6, 6.07) is 21.0. The molecule has 3 aromatic carbocycles. The maximum absolute atomic E-state index is 10.2. The van der Waals surface area contributed by atoms with Crippen LogP contribution in [0.3, 0.4) is 0 Å². The van der Waals surface area contributed by atoms with Crippen LogP contribution in [-0.2, 0) is 0 Å². The predicted octanol–water partition coefficient (Wildman–Crippen LogP) is 6.27. The van der Waals surface area contributed by atoms with Gasteiger partial charge in [0.1, 0.15) is 35.7 Å². The highest BCUT2D eigenvalue weighted by Gasteiger charge is 2.40. The summed E-state index contributed by atoms with van der Waals surface area (Å²) in [5, 5.41) is 20.2. The van der Waals surface area contributed by atoms with Gasteiger partial charge in [-0.3, -0.25) is 4.90 Å². The lowest BCUT2D eigenvalue weighted by Crippen LogP contribution is -2.35. The van der Waals surface area contributed by atoms with Gasteiger partial charge in [-0.1, -0.05) is 24.3 Å². The Labute approximate surface area is 212 Å². The third kappa shape index (κ3) is 4.22. The molecule has 0 bridgehead atoms. The summed E-state index contributed by atoms with van der Waals surface area (Å²) >= 11 is 0. The van der Waals surface area contributed by atoms with E-state index in [0.717, 1.165) is 51.2 Å². The summed E-state index contributed by atoms with van der Waals surface area (Å²) in [7, 11) is 0. The van der Waals surface area contributed by atoms with Gasteiger partial charge >= 0.3 is 0 Å². The lowest BCUT2D eigenvalue weighted by atomic mass is 9.77. The fraction of sp³-hybridized carbons (Fsp3) is 0.355. The predicted molar refractivity (Wildman–Crippen MR) is 141 cm³/mol. The Morgan fingerprint density at radius 3 is 2.36 bits per heavy atom. The number of phenols is 2. The van der Waals surface area contributed by atoms with E-state index in [-0.39, 0.29) is 17.6 Å². The van der Waals surface area contributed by atoms with Crippen LogP contribution in [0.25, 0.3) is 11.1 Å². The van der Waals surface area contributed by atoms with E-state index in [9.17, 15) is 10.2 Å². The molecular weight excluding hydrogens is 450 g/mol. The number of nitrogens with zero attached hydrogens (tertiary/aromatic N) is 1. The van der Waals surface area contributed by atoms with E-state index in [1.165, 1.54) is 25.9 Å². The van der Waals surface area contributed by atoms with E-state index in [1.54, 1.807) is 24.3 Å². The third-order valence-electron chi connectivity index (χ3n) is 8.25. The number of benzene rings is 3. The van der Waals surface area contributed by atoms with Gasteiger partial charge in [-0.05, 0) is 97.7 Å². The van der Waals surface area contributed by atoms with Crippen molar-refractivity contribution < 1.29 is 19.7 Å². The first-order valence-electron chi connectivity index (χ1n) is 12.9. The molecule has 2 heterocycles. The molecule has 3 aromatic rings. The number of aromatic hydroxyl groups is 2. The molecule has 0 spiro atoms. The molecule has 5 nitrogen and oxygen atoms in total. The maximum Gasteiger partial charge on any atom is 0.150 e. The minimum Gasteiger partial charge on any atom is -0.508 e. The molecule has 0 radical (unpaired) electrons. The molecule has 1 aliphatic carbocycles. The Balaban J connectivity index is 1.24. The topological polar surface area (TPSA) is 62.2 Å². The lowest BCUT2D eigenvalue weighted by molar-refractivity contribution is 0.168. The molecule has 3 unspecified atom stereocenters. The van der Waals surface area contributed by atoms with Crippen LogP contribution in [0.2, 0.25) is 0 Å². The normalized spacial score (nSPS) is 23.9. The Hall–Kier alpha value is -3.44. The molecule has 3 aliphatic rings. The molecular formula is C31H33NO4. The van der Waals surface area contributed by atoms with Crippen molar-refractivity contribution in [3.05, 3.63) is 83.4 Å². The number of allylic oxidation sites excluding steroid dienone is 1. The second-order valence-electron chi connectivity index (χ2n) is 10.5. The first-order valence-corrected chi connectivity index (χ1v) is 12.9. The van der Waals surface area contributed by atoms with Gasteiger partial charge in [0.25, 0.3) is 0 Å². The zero-order valence-electron chi connectivity index (χ0n) is 20.9. The quantitative estimate of drug-likeness (QED) is 0.433. The highest BCUT2D eigenvalue weighted by Crippen LogP contribution is 2.48. The average Bonchev–Trinajstić information content (AvgIpc) is 3.17. The fourth-order valence-electron chi connectivity index (χ4n) is 5.93. The molecule has 2 aliphatic heterocycles. The molecule has 36 heavy (non-hydrogen) atoms. The van der Waals surface area contributed by atoms with Gasteiger partial charge in [-0.25, -0.2) is 0 Å². The van der Waals surface area contributed by atoms with Crippen molar-refractivity contribution in [1.82, 2.24) is 4.90 Å². The standard InChI is InChI=1S/C31H33NO4/c1-19(32-16-23-6-7-24(23)17-32)18-35-27-11-8-21(9-12-27)31-30(22-4-3-5-25(33)14-22)20(2)28-15-26(34)10-13-29(28)36-31/h3-5,8-15,19,23-24,31,33-34H,6-7,16-18H2,1-2H3/t19-,23?,24?,31?/m0/s1. The van der Waals surface area contributed by atoms with E-state index in [2.05, 4.69) is 24.0 Å². The first-order chi connectivity index (χ1) is 17.5. The Morgan fingerprint density at radius 1 is 0.944 bits per heavy atom. The summed E-state index contributed by atoms with van der Waals surface area (Å²) in [5.74, 6) is 3.81. The van der Waals surface area contributed by atoms with Gasteiger partial charge in [0.15, 0.2) is 0 Å². The zero-order chi connectivity index (χ0) is 24.8. The summed E-state index contributed by atoms with van der Waals surface area (Å²) in [6.45, 7) is 7.42. The summed E-state index contributed by atoms with van der Waals surface area (Å²) in [5.41, 5.74) is 4.73. The third-order valence-corrected chi connectivity index (χ3v) is 8.25. The molecule has 186 valence electrons. The SMILES string of the molecule is CC1=C(c2cccc(O)c2)C(c2ccc(OC[C@H](C)N3CC4CCC4C3)cc2)Oc2ccc(O)cc21. The van der Waals surface area contributed by atoms with Crippen molar-refractivity contribution in [2.75, 3.05) is 19.7 Å². The minimum absolute atomic E-state index is 0.197. The van der Waals surface area contributed by atoms with Crippen LogP contribution in [0.15, 0.2) is 66.7 Å². The van der Waals surface area contributed by atoms with Gasteiger partial charge in [0.2, 0.25) is 0 Å². The molecule has 2 N–H and O–H groups in total. The van der Waals surface area contributed by atoms with Crippen LogP contribution in [0, 0.1) is 11.8 Å². The zero-order valence-corrected chi connectivity index (χ0v) is 20.9. The Bertz CT molecular complexity index is 1290. The molecule has 1 saturated carbocycles. The van der Waals surface area contributed by atoms with Crippen molar-refractivity contribution in [3.63, 3.8) is 0 Å². The van der Waals surface area contributed by atoms with Crippen LogP contribution < -0.4 is 9.47 Å². The molecule has 2 fully saturated rings. The number of hydrogen-bond acceptors (Lipinski definition) is 5. The first kappa shape index (κ1) is 23.0. The largest absolute Gasteiger partial charge is 0.508 e. The van der Waals surface area contributed by atoms with Crippen molar-refractivity contribution in [2.45, 2.75) is 38.8 Å². The summed E-state index contributed by atoms with van der Waals surface area (Å²) < 4.78 is 12.7. The van der Waals surface area contributed by atoms with E-state index in [4.69, 9.17) is 9.47 Å². The molecule has 0 aromatic heterocycles. The second kappa shape index (κ2) is 9.21. The van der Waals surface area contributed by atoms with Crippen LogP contribution in [0.1, 0.15) is 49.5 Å². The van der Waals surface area contributed by atoms with E-state index in [0.29, 0.717) is 12.6 Å². The number of fused-ring (bicyclic) bond motifs is 2. The van der Waals surface area contributed by atoms with Crippen LogP contribution in [0.4, 0.5) is 0 Å². The highest BCUT2D eigenvalue weighted by atomic mass is 16.5. The number of ether oxygens (including phenoxy) is 2. The van der Waals surface area contributed by atoms with E-state index < -0.39 is 0 Å². The monoisotopic (exact) mass is 483 g/mol. The second-order valence-corrected chi connectivity index (χ2v) is 10.5. The number of rotatable bonds is 6. The van der Waals surface area contributed by atoms with Crippen LogP contribution >= 0.6 is 0 Å². The van der Waals surface area contributed by atoms with Gasteiger partial charge in [0, 0.05) is 30.3 Å². The molecule has 5 heteroatoms. The smallest absolute Gasteiger partial charge is 0.150 e. The lowest BCUT2D eigenvalue weighted by Gasteiger charge is -2.31. The van der Waals surface area contributed by atoms with Crippen molar-refractivity contribution in [3.8, 4) is 23.0 Å². The van der Waals surface area contributed by atoms with Crippen LogP contribution in [0.5, 0.6) is 23.0 Å². The maximum atomic E-state index is 10.2. The number of likely N-dealkylation sites (tertiary alicyclic amines) is 1. The van der Waals surface area contributed by atoms with Gasteiger partial charge < -0.3 is 19.7 Å². The molecule has 0 amide bonds. The van der Waals surface area contributed by atoms with Crippen molar-refractivity contribution in [2.24, 2.45) is 11.8 Å². The van der Waals surface area contributed by atoms with Gasteiger partial charge in [0.05, 0.1) is 0 Å². The Kier molecular flexibility index (Phi) is 5.88. The van der Waals surface area contributed by atoms with Crippen LogP contribution in [-0.4, -0.2) is 40.9 Å². The minimum atomic E-state index is -0.350. The fourth-order valence-corrected chi connectivity index (χ4v) is 5.93. The van der Waals surface area contributed by atoms with Crippen molar-refractivity contribution >= 4 is 11.1 Å². The number of phenolic OH excluding ortho intramolecular Hbond substituents is 2. The Morgan fingerprint density at radius 2 is 1.67 bits per heavy atom. The summed E-state index contributed by atoms with van der Waals surface area (Å²) in [4.78, 5) is 2.58. The molecule has 1 saturated heterocycles. The molecule has 4 atom stereocenters. The van der Waals surface area contributed by atoms with Crippen molar-refractivity contribution in [1.29, 1.82) is 0 Å². The summed E-state index contributed by atoms with van der Waals surface area (Å²) in [6.07, 6.45) is 2.43. The van der Waals surface area contributed by atoms with E-state index >= 15 is 0 Å². The van der Waals surface area contributed by atoms with Gasteiger partial charge in [-0.2, -0.15) is 0 Å².